The van der Waals surface area contributed by atoms with Gasteiger partial charge in [-0.1, -0.05) is 51.7 Å². The summed E-state index contributed by atoms with van der Waals surface area (Å²) >= 11 is 0. The van der Waals surface area contributed by atoms with Crippen molar-refractivity contribution in [1.29, 1.82) is 0 Å². The Bertz CT molecular complexity index is 358. The number of hydrogen-bond acceptors (Lipinski definition) is 4. The van der Waals surface area contributed by atoms with Gasteiger partial charge in [-0.25, -0.2) is 9.59 Å². The Hall–Kier alpha value is -1.84. The third-order valence-corrected chi connectivity index (χ3v) is 3.12. The van der Waals surface area contributed by atoms with Crippen LogP contribution in [0.5, 0.6) is 0 Å². The number of unbranched alkanes of at least 4 members (excludes halogenated alkanes) is 8. The number of allylic oxidation sites excluding steroid dienone is 1. The second kappa shape index (κ2) is 15.5. The molecule has 0 atom stereocenters. The molecule has 0 aliphatic heterocycles. The minimum atomic E-state index is -0.421. The molecule has 4 nitrogen and oxygen atoms in total. The fourth-order valence-electron chi connectivity index (χ4n) is 1.89. The zero-order valence-corrected chi connectivity index (χ0v) is 13.4. The maximum atomic E-state index is 10.8. The van der Waals surface area contributed by atoms with Gasteiger partial charge in [0.1, 0.15) is 0 Å². The van der Waals surface area contributed by atoms with Crippen molar-refractivity contribution >= 4 is 11.9 Å². The Kier molecular flexibility index (Phi) is 14.2. The highest BCUT2D eigenvalue weighted by atomic mass is 16.5. The van der Waals surface area contributed by atoms with Gasteiger partial charge in [0.15, 0.2) is 0 Å². The van der Waals surface area contributed by atoms with Crippen molar-refractivity contribution < 1.29 is 19.1 Å². The molecule has 22 heavy (non-hydrogen) atoms. The smallest absolute Gasteiger partial charge is 0.334 e. The maximum absolute atomic E-state index is 10.8. The quantitative estimate of drug-likeness (QED) is 0.206. The van der Waals surface area contributed by atoms with E-state index in [0.29, 0.717) is 6.61 Å². The molecule has 0 unspecified atom stereocenters. The summed E-state index contributed by atoms with van der Waals surface area (Å²) in [6.07, 6.45) is 15.8. The van der Waals surface area contributed by atoms with Crippen LogP contribution in [0, 0.1) is 0 Å². The van der Waals surface area contributed by atoms with Crippen LogP contribution >= 0.6 is 0 Å². The lowest BCUT2D eigenvalue weighted by molar-refractivity contribution is -0.138. The first-order valence-electron chi connectivity index (χ1n) is 7.98. The molecule has 0 aliphatic carbocycles. The molecular formula is C18H28O4. The summed E-state index contributed by atoms with van der Waals surface area (Å²) in [7, 11) is 0. The van der Waals surface area contributed by atoms with Crippen LogP contribution in [0.4, 0.5) is 0 Å². The fourth-order valence-corrected chi connectivity index (χ4v) is 1.89. The molecule has 0 aromatic heterocycles. The van der Waals surface area contributed by atoms with Gasteiger partial charge in [-0.2, -0.15) is 0 Å². The summed E-state index contributed by atoms with van der Waals surface area (Å²) in [4.78, 5) is 21.5. The molecule has 0 fully saturated rings. The van der Waals surface area contributed by atoms with Gasteiger partial charge in [0.2, 0.25) is 0 Å². The fraction of sp³-hybridized carbons (Fsp3) is 0.556. The van der Waals surface area contributed by atoms with Crippen molar-refractivity contribution in [1.82, 2.24) is 0 Å². The summed E-state index contributed by atoms with van der Waals surface area (Å²) in [6, 6.07) is 0. The highest BCUT2D eigenvalue weighted by molar-refractivity contribution is 5.81. The number of carbonyl (C=O) groups is 2. The van der Waals surface area contributed by atoms with E-state index >= 15 is 0 Å². The van der Waals surface area contributed by atoms with Crippen LogP contribution in [-0.2, 0) is 19.1 Å². The van der Waals surface area contributed by atoms with Gasteiger partial charge in [0.25, 0.3) is 0 Å². The lowest BCUT2D eigenvalue weighted by Crippen LogP contribution is -2.01. The summed E-state index contributed by atoms with van der Waals surface area (Å²) in [5.74, 6) is -0.760. The molecule has 4 heteroatoms. The van der Waals surface area contributed by atoms with Crippen LogP contribution in [-0.4, -0.2) is 18.5 Å². The van der Waals surface area contributed by atoms with E-state index in [4.69, 9.17) is 9.47 Å². The van der Waals surface area contributed by atoms with Gasteiger partial charge >= 0.3 is 11.9 Å². The largest absolute Gasteiger partial charge is 0.463 e. The molecule has 124 valence electrons. The molecule has 0 spiro atoms. The number of esters is 2. The maximum Gasteiger partial charge on any atom is 0.334 e. The number of carbonyl (C=O) groups excluding carboxylic acids is 2. The Labute approximate surface area is 133 Å². The number of hydrogen-bond donors (Lipinski definition) is 0. The van der Waals surface area contributed by atoms with E-state index in [0.717, 1.165) is 31.8 Å². The Morgan fingerprint density at radius 1 is 0.773 bits per heavy atom. The molecule has 0 rings (SSSR count). The van der Waals surface area contributed by atoms with Crippen LogP contribution in [0.25, 0.3) is 0 Å². The predicted molar refractivity (Wildman–Crippen MR) is 88.1 cm³/mol. The zero-order chi connectivity index (χ0) is 16.5. The van der Waals surface area contributed by atoms with Gasteiger partial charge in [-0.15, -0.1) is 0 Å². The predicted octanol–water partition coefficient (Wildman–Crippen LogP) is 4.47. The second-order valence-corrected chi connectivity index (χ2v) is 5.00. The van der Waals surface area contributed by atoms with Gasteiger partial charge in [-0.05, 0) is 25.3 Å². The second-order valence-electron chi connectivity index (χ2n) is 5.00. The lowest BCUT2D eigenvalue weighted by Gasteiger charge is -2.02. The van der Waals surface area contributed by atoms with E-state index < -0.39 is 5.97 Å². The average molecular weight is 308 g/mol. The molecule has 0 radical (unpaired) electrons. The highest BCUT2D eigenvalue weighted by Gasteiger charge is 1.96. The van der Waals surface area contributed by atoms with Crippen molar-refractivity contribution in [2.75, 3.05) is 6.61 Å². The normalized spacial score (nSPS) is 10.4. The summed E-state index contributed by atoms with van der Waals surface area (Å²) in [6.45, 7) is 7.16. The Morgan fingerprint density at radius 3 is 1.91 bits per heavy atom. The summed E-state index contributed by atoms with van der Waals surface area (Å²) in [5, 5.41) is 0. The molecule has 0 saturated carbocycles. The average Bonchev–Trinajstić information content (AvgIpc) is 2.54. The first-order valence-corrected chi connectivity index (χ1v) is 7.98. The van der Waals surface area contributed by atoms with E-state index in [-0.39, 0.29) is 5.97 Å². The summed E-state index contributed by atoms with van der Waals surface area (Å²) < 4.78 is 9.64. The zero-order valence-electron chi connectivity index (χ0n) is 13.4. The SMILES string of the molecule is C=CC(=O)OC=CCCCCCCCCCCOC(=O)C=C. The van der Waals surface area contributed by atoms with E-state index in [9.17, 15) is 9.59 Å². The molecule has 0 aromatic carbocycles. The van der Waals surface area contributed by atoms with E-state index in [1.807, 2.05) is 6.08 Å². The third kappa shape index (κ3) is 14.6. The Balaban J connectivity index is 3.17. The van der Waals surface area contributed by atoms with Crippen LogP contribution in [0.1, 0.15) is 57.8 Å². The molecule has 0 aromatic rings. The number of ether oxygens (including phenoxy) is 2. The minimum absolute atomic E-state index is 0.340. The molecule has 0 saturated heterocycles. The van der Waals surface area contributed by atoms with Gasteiger partial charge in [0, 0.05) is 12.2 Å². The number of rotatable bonds is 14. The molecule has 0 bridgehead atoms. The first kappa shape index (κ1) is 20.2. The standard InChI is InChI=1S/C18H28O4/c1-3-17(19)21-15-13-11-9-7-5-6-8-10-12-14-16-22-18(20)4-2/h3-4,13,15H,1-2,5-12,14,16H2. The van der Waals surface area contributed by atoms with Gasteiger partial charge in [-0.3, -0.25) is 0 Å². The van der Waals surface area contributed by atoms with Crippen molar-refractivity contribution in [3.8, 4) is 0 Å². The Morgan fingerprint density at radius 2 is 1.32 bits per heavy atom. The van der Waals surface area contributed by atoms with E-state index in [1.165, 1.54) is 44.4 Å². The van der Waals surface area contributed by atoms with Crippen LogP contribution in [0.3, 0.4) is 0 Å². The van der Waals surface area contributed by atoms with Crippen molar-refractivity contribution in [2.24, 2.45) is 0 Å². The molecule has 0 N–H and O–H groups in total. The van der Waals surface area contributed by atoms with Crippen LogP contribution in [0.2, 0.25) is 0 Å². The van der Waals surface area contributed by atoms with Crippen LogP contribution < -0.4 is 0 Å². The first-order chi connectivity index (χ1) is 10.7. The minimum Gasteiger partial charge on any atom is -0.463 e. The lowest BCUT2D eigenvalue weighted by atomic mass is 10.1. The monoisotopic (exact) mass is 308 g/mol. The molecule has 0 heterocycles. The van der Waals surface area contributed by atoms with Gasteiger partial charge < -0.3 is 9.47 Å². The highest BCUT2D eigenvalue weighted by Crippen LogP contribution is 2.10. The summed E-state index contributed by atoms with van der Waals surface area (Å²) in [5.41, 5.74) is 0. The van der Waals surface area contributed by atoms with Crippen molar-refractivity contribution in [3.63, 3.8) is 0 Å². The molecule has 0 aliphatic rings. The molecule has 0 amide bonds. The molecular weight excluding hydrogens is 280 g/mol. The van der Waals surface area contributed by atoms with Crippen LogP contribution in [0.15, 0.2) is 37.6 Å². The van der Waals surface area contributed by atoms with E-state index in [1.54, 1.807) is 0 Å². The van der Waals surface area contributed by atoms with Crippen molar-refractivity contribution in [2.45, 2.75) is 57.8 Å². The third-order valence-electron chi connectivity index (χ3n) is 3.12. The van der Waals surface area contributed by atoms with Crippen molar-refractivity contribution in [3.05, 3.63) is 37.6 Å². The van der Waals surface area contributed by atoms with E-state index in [2.05, 4.69) is 13.2 Å². The van der Waals surface area contributed by atoms with Gasteiger partial charge in [0.05, 0.1) is 12.9 Å². The topological polar surface area (TPSA) is 52.6 Å².